The van der Waals surface area contributed by atoms with Crippen LogP contribution < -0.4 is 5.32 Å². The molecule has 5 nitrogen and oxygen atoms in total. The van der Waals surface area contributed by atoms with E-state index in [0.717, 1.165) is 19.3 Å². The van der Waals surface area contributed by atoms with Crippen LogP contribution in [0, 0.1) is 16.7 Å². The minimum absolute atomic E-state index is 0.311. The van der Waals surface area contributed by atoms with E-state index in [9.17, 15) is 14.9 Å². The molecule has 1 atom stereocenters. The molecule has 2 rings (SSSR count). The van der Waals surface area contributed by atoms with E-state index in [1.807, 2.05) is 0 Å². The Bertz CT molecular complexity index is 495. The van der Waals surface area contributed by atoms with Gasteiger partial charge in [-0.25, -0.2) is 0 Å². The predicted molar refractivity (Wildman–Crippen MR) is 77.7 cm³/mol. The molecule has 2 aliphatic rings. The van der Waals surface area contributed by atoms with Gasteiger partial charge in [-0.2, -0.15) is 5.26 Å². The number of esters is 1. The number of hydrogen-bond donors (Lipinski definition) is 1. The molecule has 0 radical (unpaired) electrons. The Balaban J connectivity index is 1.83. The molecular formula is C14H18Cl2N2O3. The first-order chi connectivity index (χ1) is 9.75. The first-order valence-corrected chi connectivity index (χ1v) is 7.78. The Morgan fingerprint density at radius 3 is 2.33 bits per heavy atom. The third kappa shape index (κ3) is 3.27. The van der Waals surface area contributed by atoms with Crippen molar-refractivity contribution in [2.75, 3.05) is 6.61 Å². The summed E-state index contributed by atoms with van der Waals surface area (Å²) in [5.41, 5.74) is -1.78. The second-order valence-corrected chi connectivity index (χ2v) is 7.58. The predicted octanol–water partition coefficient (Wildman–Crippen LogP) is 2.46. The zero-order chi connectivity index (χ0) is 15.7. The molecule has 0 heterocycles. The van der Waals surface area contributed by atoms with Crippen molar-refractivity contribution >= 4 is 35.1 Å². The molecule has 0 bridgehead atoms. The van der Waals surface area contributed by atoms with Crippen molar-refractivity contribution in [3.05, 3.63) is 0 Å². The monoisotopic (exact) mass is 332 g/mol. The molecule has 2 saturated carbocycles. The van der Waals surface area contributed by atoms with Crippen LogP contribution in [0.2, 0.25) is 0 Å². The maximum absolute atomic E-state index is 11.9. The summed E-state index contributed by atoms with van der Waals surface area (Å²) in [4.78, 5) is 23.7. The quantitative estimate of drug-likeness (QED) is 0.633. The van der Waals surface area contributed by atoms with E-state index >= 15 is 0 Å². The number of ether oxygens (including phenoxy) is 1. The van der Waals surface area contributed by atoms with Gasteiger partial charge in [-0.1, -0.05) is 19.3 Å². The molecule has 0 aromatic rings. The first-order valence-electron chi connectivity index (χ1n) is 7.02. The lowest BCUT2D eigenvalue weighted by Gasteiger charge is -2.31. The van der Waals surface area contributed by atoms with Crippen LogP contribution >= 0.6 is 23.2 Å². The van der Waals surface area contributed by atoms with Gasteiger partial charge in [-0.15, -0.1) is 23.2 Å². The summed E-state index contributed by atoms with van der Waals surface area (Å²) >= 11 is 11.8. The van der Waals surface area contributed by atoms with E-state index < -0.39 is 33.8 Å². The van der Waals surface area contributed by atoms with E-state index in [0.29, 0.717) is 19.3 Å². The lowest BCUT2D eigenvalue weighted by Crippen LogP contribution is -2.50. The van der Waals surface area contributed by atoms with Crippen LogP contribution in [-0.2, 0) is 14.3 Å². The standard InChI is InChI=1S/C14H18Cl2N2O3/c1-12(8-14(12,15)16)11(20)21-7-10(19)18-13(9-17)5-3-2-4-6-13/h2-8H2,1H3,(H,18,19). The number of halogens is 2. The maximum atomic E-state index is 11.9. The van der Waals surface area contributed by atoms with Crippen LogP contribution in [0.15, 0.2) is 0 Å². The molecule has 7 heteroatoms. The lowest BCUT2D eigenvalue weighted by molar-refractivity contribution is -0.153. The van der Waals surface area contributed by atoms with Crippen LogP contribution in [-0.4, -0.2) is 28.4 Å². The highest BCUT2D eigenvalue weighted by Gasteiger charge is 2.69. The van der Waals surface area contributed by atoms with Crippen LogP contribution in [0.4, 0.5) is 0 Å². The summed E-state index contributed by atoms with van der Waals surface area (Å²) in [6, 6.07) is 2.18. The van der Waals surface area contributed by atoms with E-state index in [4.69, 9.17) is 27.9 Å². The summed E-state index contributed by atoms with van der Waals surface area (Å²) in [5.74, 6) is -1.05. The Hall–Kier alpha value is -0.990. The third-order valence-corrected chi connectivity index (χ3v) is 5.44. The van der Waals surface area contributed by atoms with E-state index in [2.05, 4.69) is 11.4 Å². The first kappa shape index (κ1) is 16.4. The number of amides is 1. The summed E-state index contributed by atoms with van der Waals surface area (Å²) in [7, 11) is 0. The molecule has 1 amide bonds. The van der Waals surface area contributed by atoms with Crippen molar-refractivity contribution in [1.29, 1.82) is 5.26 Å². The van der Waals surface area contributed by atoms with Crippen molar-refractivity contribution in [2.24, 2.45) is 5.41 Å². The fourth-order valence-electron chi connectivity index (χ4n) is 2.63. The average Bonchev–Trinajstić information content (AvgIpc) is 2.97. The number of carbonyl (C=O) groups is 2. The maximum Gasteiger partial charge on any atom is 0.315 e. The molecule has 1 N–H and O–H groups in total. The number of nitrogens with zero attached hydrogens (tertiary/aromatic N) is 1. The van der Waals surface area contributed by atoms with Gasteiger partial charge < -0.3 is 10.1 Å². The Morgan fingerprint density at radius 1 is 1.29 bits per heavy atom. The Labute approximate surface area is 133 Å². The lowest BCUT2D eigenvalue weighted by atomic mass is 9.83. The summed E-state index contributed by atoms with van der Waals surface area (Å²) < 4.78 is 3.85. The van der Waals surface area contributed by atoms with Gasteiger partial charge in [0.05, 0.1) is 6.07 Å². The van der Waals surface area contributed by atoms with Crippen LogP contribution in [0.1, 0.15) is 45.4 Å². The number of alkyl halides is 2. The molecule has 21 heavy (non-hydrogen) atoms. The zero-order valence-corrected chi connectivity index (χ0v) is 13.4. The van der Waals surface area contributed by atoms with Gasteiger partial charge in [-0.3, -0.25) is 9.59 Å². The molecule has 1 unspecified atom stereocenters. The molecule has 2 aliphatic carbocycles. The topological polar surface area (TPSA) is 79.2 Å². The number of rotatable bonds is 4. The Kier molecular flexibility index (Phi) is 4.41. The van der Waals surface area contributed by atoms with Crippen molar-refractivity contribution in [2.45, 2.75) is 55.3 Å². The number of hydrogen-bond acceptors (Lipinski definition) is 4. The van der Waals surface area contributed by atoms with Gasteiger partial charge in [0, 0.05) is 6.42 Å². The number of nitriles is 1. The minimum atomic E-state index is -1.11. The fourth-order valence-corrected chi connectivity index (χ4v) is 3.32. The summed E-state index contributed by atoms with van der Waals surface area (Å²) in [6.07, 6.45) is 4.46. The second-order valence-electron chi connectivity index (χ2n) is 6.09. The smallest absolute Gasteiger partial charge is 0.315 e. The van der Waals surface area contributed by atoms with Gasteiger partial charge >= 0.3 is 5.97 Å². The van der Waals surface area contributed by atoms with Crippen LogP contribution in [0.3, 0.4) is 0 Å². The highest BCUT2D eigenvalue weighted by atomic mass is 35.5. The summed E-state index contributed by atoms with van der Waals surface area (Å²) in [6.45, 7) is 1.19. The number of carbonyl (C=O) groups excluding carboxylic acids is 2. The van der Waals surface area contributed by atoms with Gasteiger partial charge in [0.1, 0.15) is 15.3 Å². The van der Waals surface area contributed by atoms with Crippen molar-refractivity contribution < 1.29 is 14.3 Å². The average molecular weight is 333 g/mol. The van der Waals surface area contributed by atoms with Gasteiger partial charge in [0.2, 0.25) is 0 Å². The molecular weight excluding hydrogens is 315 g/mol. The van der Waals surface area contributed by atoms with Crippen LogP contribution in [0.5, 0.6) is 0 Å². The molecule has 0 spiro atoms. The molecule has 2 fully saturated rings. The van der Waals surface area contributed by atoms with Gasteiger partial charge in [0.15, 0.2) is 6.61 Å². The second kappa shape index (κ2) is 5.66. The van der Waals surface area contributed by atoms with Crippen molar-refractivity contribution in [1.82, 2.24) is 5.32 Å². The van der Waals surface area contributed by atoms with E-state index in [1.165, 1.54) is 0 Å². The van der Waals surface area contributed by atoms with Crippen molar-refractivity contribution in [3.8, 4) is 6.07 Å². The highest BCUT2D eigenvalue weighted by Crippen LogP contribution is 2.64. The van der Waals surface area contributed by atoms with Gasteiger partial charge in [0.25, 0.3) is 5.91 Å². The normalized spacial score (nSPS) is 29.0. The molecule has 0 saturated heterocycles. The zero-order valence-electron chi connectivity index (χ0n) is 11.9. The molecule has 0 aromatic carbocycles. The van der Waals surface area contributed by atoms with E-state index in [-0.39, 0.29) is 0 Å². The fraction of sp³-hybridized carbons (Fsp3) is 0.786. The molecule has 116 valence electrons. The van der Waals surface area contributed by atoms with Gasteiger partial charge in [-0.05, 0) is 19.8 Å². The summed E-state index contributed by atoms with van der Waals surface area (Å²) in [5, 5.41) is 12.0. The highest BCUT2D eigenvalue weighted by molar-refractivity contribution is 6.53. The van der Waals surface area contributed by atoms with E-state index in [1.54, 1.807) is 6.92 Å². The van der Waals surface area contributed by atoms with Crippen LogP contribution in [0.25, 0.3) is 0 Å². The Morgan fingerprint density at radius 2 is 1.86 bits per heavy atom. The minimum Gasteiger partial charge on any atom is -0.455 e. The SMILES string of the molecule is CC1(C(=O)OCC(=O)NC2(C#N)CCCCC2)CC1(Cl)Cl. The molecule has 0 aliphatic heterocycles. The largest absolute Gasteiger partial charge is 0.455 e. The van der Waals surface area contributed by atoms with Crippen molar-refractivity contribution in [3.63, 3.8) is 0 Å². The third-order valence-electron chi connectivity index (χ3n) is 4.34. The molecule has 0 aromatic heterocycles. The number of nitrogens with one attached hydrogen (secondary N) is 1.